The van der Waals surface area contributed by atoms with Gasteiger partial charge in [-0.3, -0.25) is 0 Å². The topological polar surface area (TPSA) is 9.86 Å². The summed E-state index contributed by atoms with van der Waals surface area (Å²) in [5.74, 6) is 0. The summed E-state index contributed by atoms with van der Waals surface area (Å²) < 4.78 is 4.95. The third-order valence-corrected chi connectivity index (χ3v) is 11.5. The summed E-state index contributed by atoms with van der Waals surface area (Å²) >= 11 is 0. The first-order chi connectivity index (χ1) is 27.8. The Kier molecular flexibility index (Phi) is 7.67. The van der Waals surface area contributed by atoms with Crippen LogP contribution in [0.5, 0.6) is 0 Å². The predicted molar refractivity (Wildman–Crippen MR) is 238 cm³/mol. The number of rotatable bonds is 6. The van der Waals surface area contributed by atoms with E-state index in [0.29, 0.717) is 0 Å². The lowest BCUT2D eigenvalue weighted by molar-refractivity contribution is 1.04. The number of para-hydroxylation sites is 2. The lowest BCUT2D eigenvalue weighted by atomic mass is 9.96. The second-order valence-corrected chi connectivity index (χ2v) is 14.8. The zero-order valence-electron chi connectivity index (χ0n) is 30.9. The molecule has 2 heterocycles. The number of allylic oxidation sites excluding steroid dienone is 4. The minimum absolute atomic E-state index is 1.10. The molecule has 0 atom stereocenters. The molecule has 0 unspecified atom stereocenters. The maximum Gasteiger partial charge on any atom is 0.0641 e. The molecule has 2 nitrogen and oxygen atoms in total. The second kappa shape index (κ2) is 13.3. The second-order valence-electron chi connectivity index (χ2n) is 14.8. The largest absolute Gasteiger partial charge is 0.309 e. The highest BCUT2D eigenvalue weighted by atomic mass is 15.0. The van der Waals surface area contributed by atoms with Crippen molar-refractivity contribution >= 4 is 49.2 Å². The summed E-state index contributed by atoms with van der Waals surface area (Å²) in [6.07, 6.45) is 9.11. The molecule has 10 aromatic rings. The SMILES string of the molecule is C1=CC(c2cccc(-c3cccc(-n4c5ccccc5c5ccc6c(c7ccccc7n6-c6cccc(-c7cccc(-c8ccccc8)c7)c6)c54)c3)c2)=CCC1. The number of hydrogen-bond acceptors (Lipinski definition) is 0. The van der Waals surface area contributed by atoms with Crippen LogP contribution in [-0.2, 0) is 0 Å². The fraction of sp³-hybridized carbons (Fsp3) is 0.0370. The quantitative estimate of drug-likeness (QED) is 0.162. The molecular weight excluding hydrogens is 677 g/mol. The molecule has 0 saturated heterocycles. The van der Waals surface area contributed by atoms with E-state index in [-0.39, 0.29) is 0 Å². The van der Waals surface area contributed by atoms with Gasteiger partial charge in [0.05, 0.1) is 22.1 Å². The van der Waals surface area contributed by atoms with Gasteiger partial charge in [-0.2, -0.15) is 0 Å². The van der Waals surface area contributed by atoms with Gasteiger partial charge in [-0.15, -0.1) is 0 Å². The van der Waals surface area contributed by atoms with Crippen LogP contribution in [0.2, 0.25) is 0 Å². The number of benzene rings is 8. The molecule has 0 saturated carbocycles. The normalized spacial score (nSPS) is 12.9. The Morgan fingerprint density at radius 1 is 0.339 bits per heavy atom. The highest BCUT2D eigenvalue weighted by Crippen LogP contribution is 2.43. The van der Waals surface area contributed by atoms with Crippen molar-refractivity contribution in [2.75, 3.05) is 0 Å². The third kappa shape index (κ3) is 5.33. The van der Waals surface area contributed by atoms with E-state index >= 15 is 0 Å². The summed E-state index contributed by atoms with van der Waals surface area (Å²) in [7, 11) is 0. The monoisotopic (exact) mass is 714 g/mol. The molecule has 8 aromatic carbocycles. The number of nitrogens with zero attached hydrogens (tertiary/aromatic N) is 2. The van der Waals surface area contributed by atoms with E-state index in [1.807, 2.05) is 0 Å². The van der Waals surface area contributed by atoms with Gasteiger partial charge in [0.25, 0.3) is 0 Å². The first-order valence-electron chi connectivity index (χ1n) is 19.6. The van der Waals surface area contributed by atoms with E-state index in [9.17, 15) is 0 Å². The Bertz CT molecular complexity index is 3190. The molecule has 2 heteroatoms. The molecule has 1 aliphatic rings. The predicted octanol–water partition coefficient (Wildman–Crippen LogP) is 14.6. The first kappa shape index (κ1) is 32.3. The minimum Gasteiger partial charge on any atom is -0.309 e. The molecule has 2 aromatic heterocycles. The molecule has 1 aliphatic carbocycles. The molecule has 11 rings (SSSR count). The van der Waals surface area contributed by atoms with Crippen LogP contribution in [0.15, 0.2) is 206 Å². The summed E-state index contributed by atoms with van der Waals surface area (Å²) in [5.41, 5.74) is 17.0. The minimum atomic E-state index is 1.10. The van der Waals surface area contributed by atoms with Gasteiger partial charge in [-0.05, 0) is 112 Å². The molecule has 264 valence electrons. The Hall–Kier alpha value is -7.16. The molecule has 0 fully saturated rings. The average molecular weight is 715 g/mol. The van der Waals surface area contributed by atoms with Crippen molar-refractivity contribution in [1.82, 2.24) is 9.13 Å². The fourth-order valence-electron chi connectivity index (χ4n) is 8.92. The van der Waals surface area contributed by atoms with Gasteiger partial charge in [-0.25, -0.2) is 0 Å². The van der Waals surface area contributed by atoms with E-state index in [2.05, 4.69) is 215 Å². The van der Waals surface area contributed by atoms with Crippen LogP contribution < -0.4 is 0 Å². The first-order valence-corrected chi connectivity index (χ1v) is 19.6. The van der Waals surface area contributed by atoms with Crippen molar-refractivity contribution in [2.45, 2.75) is 12.8 Å². The lowest BCUT2D eigenvalue weighted by Gasteiger charge is -2.13. The van der Waals surface area contributed by atoms with Crippen LogP contribution in [0.25, 0.3) is 93.9 Å². The maximum atomic E-state index is 2.50. The smallest absolute Gasteiger partial charge is 0.0641 e. The standard InChI is InChI=1S/C54H38N2/c1-3-15-37(16-4-1)39-19-11-21-41(33-39)43-23-13-25-45(35-43)55-51-30-10-8-28-49(51)53-52(55)32-31-48-47-27-7-9-29-50(47)56(54(48)53)46-26-14-24-44(36-46)42-22-12-20-40(34-42)38-17-5-2-6-18-38/h1,3-5,7-36H,2,6H2. The zero-order valence-corrected chi connectivity index (χ0v) is 30.9. The van der Waals surface area contributed by atoms with Crippen molar-refractivity contribution in [3.63, 3.8) is 0 Å². The van der Waals surface area contributed by atoms with E-state index in [4.69, 9.17) is 0 Å². The number of hydrogen-bond donors (Lipinski definition) is 0. The highest BCUT2D eigenvalue weighted by Gasteiger charge is 2.21. The van der Waals surface area contributed by atoms with Crippen molar-refractivity contribution in [2.24, 2.45) is 0 Å². The average Bonchev–Trinajstić information content (AvgIpc) is 3.80. The van der Waals surface area contributed by atoms with E-state index in [0.717, 1.165) is 24.2 Å². The molecule has 0 amide bonds. The summed E-state index contributed by atoms with van der Waals surface area (Å²) in [4.78, 5) is 0. The molecule has 0 aliphatic heterocycles. The van der Waals surface area contributed by atoms with Crippen LogP contribution in [-0.4, -0.2) is 9.13 Å². The molecule has 0 bridgehead atoms. The maximum absolute atomic E-state index is 2.50. The Labute approximate surface area is 326 Å². The Balaban J connectivity index is 1.11. The van der Waals surface area contributed by atoms with Crippen molar-refractivity contribution < 1.29 is 0 Å². The third-order valence-electron chi connectivity index (χ3n) is 11.5. The van der Waals surface area contributed by atoms with Crippen LogP contribution in [0.4, 0.5) is 0 Å². The molecule has 0 N–H and O–H groups in total. The zero-order chi connectivity index (χ0) is 37.0. The molecule has 0 spiro atoms. The van der Waals surface area contributed by atoms with Gasteiger partial charge in [-0.1, -0.05) is 152 Å². The van der Waals surface area contributed by atoms with Crippen LogP contribution in [0.1, 0.15) is 18.4 Å². The summed E-state index contributed by atoms with van der Waals surface area (Å²) in [5, 5.41) is 5.01. The number of fused-ring (bicyclic) bond motifs is 7. The van der Waals surface area contributed by atoms with Gasteiger partial charge >= 0.3 is 0 Å². The van der Waals surface area contributed by atoms with Crippen molar-refractivity contribution in [3.8, 4) is 44.8 Å². The van der Waals surface area contributed by atoms with E-state index < -0.39 is 0 Å². The van der Waals surface area contributed by atoms with Crippen LogP contribution in [0.3, 0.4) is 0 Å². The van der Waals surface area contributed by atoms with Gasteiger partial charge < -0.3 is 9.13 Å². The molecule has 0 radical (unpaired) electrons. The summed E-state index contributed by atoms with van der Waals surface area (Å²) in [6.45, 7) is 0. The molecule has 56 heavy (non-hydrogen) atoms. The van der Waals surface area contributed by atoms with Crippen LogP contribution in [0, 0.1) is 0 Å². The van der Waals surface area contributed by atoms with E-state index in [1.54, 1.807) is 0 Å². The van der Waals surface area contributed by atoms with Gasteiger partial charge in [0, 0.05) is 32.9 Å². The highest BCUT2D eigenvalue weighted by molar-refractivity contribution is 6.26. The van der Waals surface area contributed by atoms with Gasteiger partial charge in [0.2, 0.25) is 0 Å². The summed E-state index contributed by atoms with van der Waals surface area (Å²) in [6, 6.07) is 69.0. The Morgan fingerprint density at radius 3 is 1.57 bits per heavy atom. The fourth-order valence-corrected chi connectivity index (χ4v) is 8.92. The Morgan fingerprint density at radius 2 is 0.875 bits per heavy atom. The van der Waals surface area contributed by atoms with Crippen molar-refractivity contribution in [1.29, 1.82) is 0 Å². The van der Waals surface area contributed by atoms with Crippen LogP contribution >= 0.6 is 0 Å². The van der Waals surface area contributed by atoms with Gasteiger partial charge in [0.1, 0.15) is 0 Å². The van der Waals surface area contributed by atoms with E-state index in [1.165, 1.54) is 88.1 Å². The lowest BCUT2D eigenvalue weighted by Crippen LogP contribution is -1.96. The number of aromatic nitrogens is 2. The molecular formula is C54H38N2. The van der Waals surface area contributed by atoms with Crippen molar-refractivity contribution in [3.05, 3.63) is 212 Å². The van der Waals surface area contributed by atoms with Gasteiger partial charge in [0.15, 0.2) is 0 Å².